The summed E-state index contributed by atoms with van der Waals surface area (Å²) < 4.78 is 18.8. The predicted molar refractivity (Wildman–Crippen MR) is 70.8 cm³/mol. The highest BCUT2D eigenvalue weighted by molar-refractivity contribution is 5.46. The number of ether oxygens (including phenoxy) is 1. The Morgan fingerprint density at radius 3 is 2.63 bits per heavy atom. The zero-order chi connectivity index (χ0) is 13.9. The van der Waals surface area contributed by atoms with E-state index in [4.69, 9.17) is 4.74 Å². The van der Waals surface area contributed by atoms with E-state index in [9.17, 15) is 9.18 Å². The molecule has 1 aliphatic carbocycles. The van der Waals surface area contributed by atoms with Gasteiger partial charge in [-0.3, -0.25) is 0 Å². The van der Waals surface area contributed by atoms with Gasteiger partial charge in [0.1, 0.15) is 17.5 Å². The lowest BCUT2D eigenvalue weighted by Crippen LogP contribution is -2.20. The smallest absolute Gasteiger partial charge is 0.235 e. The Kier molecular flexibility index (Phi) is 4.01. The van der Waals surface area contributed by atoms with E-state index in [1.165, 1.54) is 6.92 Å². The topological polar surface area (TPSA) is 38.7 Å². The molecular weight excluding hydrogens is 245 g/mol. The molecule has 3 nitrogen and oxygen atoms in total. The van der Waals surface area contributed by atoms with E-state index in [2.05, 4.69) is 4.99 Å². The molecule has 1 aromatic rings. The van der Waals surface area contributed by atoms with Crippen LogP contribution in [0.25, 0.3) is 0 Å². The van der Waals surface area contributed by atoms with Crippen LogP contribution in [-0.2, 0) is 10.3 Å². The van der Waals surface area contributed by atoms with Crippen LogP contribution in [-0.4, -0.2) is 13.2 Å². The molecule has 1 saturated carbocycles. The third kappa shape index (κ3) is 2.54. The third-order valence-electron chi connectivity index (χ3n) is 3.87. The molecule has 2 rings (SSSR count). The Morgan fingerprint density at radius 1 is 1.42 bits per heavy atom. The van der Waals surface area contributed by atoms with Crippen LogP contribution in [0, 0.1) is 0 Å². The second kappa shape index (κ2) is 5.54. The first-order chi connectivity index (χ1) is 9.13. The Labute approximate surface area is 112 Å². The van der Waals surface area contributed by atoms with Crippen molar-refractivity contribution >= 4 is 6.08 Å². The van der Waals surface area contributed by atoms with Crippen molar-refractivity contribution in [2.24, 2.45) is 4.99 Å². The number of hydrogen-bond donors (Lipinski definition) is 0. The summed E-state index contributed by atoms with van der Waals surface area (Å²) in [5, 5.41) is 0. The van der Waals surface area contributed by atoms with E-state index < -0.39 is 11.7 Å². The molecule has 0 aliphatic heterocycles. The molecule has 0 bridgehead atoms. The molecule has 0 aromatic heterocycles. The van der Waals surface area contributed by atoms with Gasteiger partial charge in [0.25, 0.3) is 0 Å². The van der Waals surface area contributed by atoms with Gasteiger partial charge in [-0.1, -0.05) is 18.9 Å². The van der Waals surface area contributed by atoms with E-state index in [0.717, 1.165) is 31.2 Å². The summed E-state index contributed by atoms with van der Waals surface area (Å²) in [5.41, 5.74) is 0.805. The molecule has 0 radical (unpaired) electrons. The zero-order valence-corrected chi connectivity index (χ0v) is 11.3. The minimum Gasteiger partial charge on any atom is -0.496 e. The molecule has 1 aliphatic rings. The summed E-state index contributed by atoms with van der Waals surface area (Å²) >= 11 is 0. The van der Waals surface area contributed by atoms with Crippen LogP contribution in [0.2, 0.25) is 0 Å². The van der Waals surface area contributed by atoms with Crippen LogP contribution in [0.1, 0.15) is 49.9 Å². The molecule has 0 heterocycles. The van der Waals surface area contributed by atoms with Crippen molar-refractivity contribution in [3.8, 4) is 5.75 Å². The predicted octanol–water partition coefficient (Wildman–Crippen LogP) is 3.83. The number of benzene rings is 1. The minimum absolute atomic E-state index is 0.585. The lowest BCUT2D eigenvalue weighted by Gasteiger charge is -2.25. The molecular formula is C15H18FNO2. The van der Waals surface area contributed by atoms with Gasteiger partial charge in [-0.25, -0.2) is 9.18 Å². The summed E-state index contributed by atoms with van der Waals surface area (Å²) in [6.07, 6.45) is 4.19. The summed E-state index contributed by atoms with van der Waals surface area (Å²) in [7, 11) is 1.57. The van der Waals surface area contributed by atoms with Crippen LogP contribution < -0.4 is 4.74 Å². The van der Waals surface area contributed by atoms with Crippen molar-refractivity contribution in [2.45, 2.75) is 44.3 Å². The minimum atomic E-state index is -1.05. The quantitative estimate of drug-likeness (QED) is 0.611. The van der Waals surface area contributed by atoms with Crippen molar-refractivity contribution in [3.05, 3.63) is 29.3 Å². The number of isocyanates is 1. The Morgan fingerprint density at radius 2 is 2.11 bits per heavy atom. The fourth-order valence-corrected chi connectivity index (χ4v) is 2.83. The van der Waals surface area contributed by atoms with E-state index in [-0.39, 0.29) is 0 Å². The number of methoxy groups -OCH3 is 1. The lowest BCUT2D eigenvalue weighted by molar-refractivity contribution is 0.364. The first-order valence-electron chi connectivity index (χ1n) is 6.54. The Hall–Kier alpha value is -1.67. The van der Waals surface area contributed by atoms with Crippen LogP contribution in [0.4, 0.5) is 4.39 Å². The summed E-state index contributed by atoms with van der Waals surface area (Å²) in [6.45, 7) is 1.50. The largest absolute Gasteiger partial charge is 0.496 e. The zero-order valence-electron chi connectivity index (χ0n) is 11.3. The van der Waals surface area contributed by atoms with E-state index in [1.54, 1.807) is 31.4 Å². The molecule has 4 heteroatoms. The van der Waals surface area contributed by atoms with Crippen molar-refractivity contribution in [3.63, 3.8) is 0 Å². The Bertz CT molecular complexity index is 501. The summed E-state index contributed by atoms with van der Waals surface area (Å²) in [6, 6.07) is 5.23. The fourth-order valence-electron chi connectivity index (χ4n) is 2.83. The maximum absolute atomic E-state index is 13.5. The second-order valence-corrected chi connectivity index (χ2v) is 5.02. The molecule has 1 unspecified atom stereocenters. The number of hydrogen-bond acceptors (Lipinski definition) is 3. The molecule has 1 fully saturated rings. The van der Waals surface area contributed by atoms with E-state index in [0.29, 0.717) is 11.3 Å². The standard InChI is InChI=1S/C15H18FNO2/c1-11(16)12-5-6-14(19-2)13(9-12)15(17-10-18)7-3-4-8-15/h5-6,9,11H,3-4,7-8H2,1-2H3. The molecule has 0 amide bonds. The number of aliphatic imine (C=N–C) groups is 1. The summed E-state index contributed by atoms with van der Waals surface area (Å²) in [5.74, 6) is 0.658. The number of alkyl halides is 1. The van der Waals surface area contributed by atoms with Crippen LogP contribution in [0.5, 0.6) is 5.75 Å². The lowest BCUT2D eigenvalue weighted by atomic mass is 9.86. The molecule has 1 aromatic carbocycles. The molecule has 19 heavy (non-hydrogen) atoms. The first kappa shape index (κ1) is 13.8. The highest BCUT2D eigenvalue weighted by Crippen LogP contribution is 2.46. The van der Waals surface area contributed by atoms with Gasteiger partial charge in [0, 0.05) is 5.56 Å². The van der Waals surface area contributed by atoms with Crippen LogP contribution in [0.15, 0.2) is 23.2 Å². The SMILES string of the molecule is COc1ccc(C(C)F)cc1C1(N=C=O)CCCC1. The third-order valence-corrected chi connectivity index (χ3v) is 3.87. The van der Waals surface area contributed by atoms with Gasteiger partial charge in [-0.2, -0.15) is 4.99 Å². The average molecular weight is 263 g/mol. The highest BCUT2D eigenvalue weighted by Gasteiger charge is 2.38. The van der Waals surface area contributed by atoms with Crippen LogP contribution in [0.3, 0.4) is 0 Å². The van der Waals surface area contributed by atoms with Crippen molar-refractivity contribution in [1.82, 2.24) is 0 Å². The van der Waals surface area contributed by atoms with Gasteiger partial charge in [0.05, 0.1) is 7.11 Å². The molecule has 0 saturated heterocycles. The average Bonchev–Trinajstić information content (AvgIpc) is 2.88. The maximum atomic E-state index is 13.5. The van der Waals surface area contributed by atoms with Crippen molar-refractivity contribution in [1.29, 1.82) is 0 Å². The number of carbonyl (C=O) groups excluding carboxylic acids is 1. The van der Waals surface area contributed by atoms with Crippen molar-refractivity contribution < 1.29 is 13.9 Å². The van der Waals surface area contributed by atoms with Gasteiger partial charge in [-0.15, -0.1) is 0 Å². The van der Waals surface area contributed by atoms with Gasteiger partial charge in [-0.05, 0) is 37.5 Å². The highest BCUT2D eigenvalue weighted by atomic mass is 19.1. The van der Waals surface area contributed by atoms with Gasteiger partial charge >= 0.3 is 0 Å². The maximum Gasteiger partial charge on any atom is 0.235 e. The van der Waals surface area contributed by atoms with Crippen LogP contribution >= 0.6 is 0 Å². The number of halogens is 1. The number of rotatable bonds is 4. The molecule has 0 spiro atoms. The van der Waals surface area contributed by atoms with Crippen molar-refractivity contribution in [2.75, 3.05) is 7.11 Å². The second-order valence-electron chi connectivity index (χ2n) is 5.02. The Balaban J connectivity index is 2.57. The van der Waals surface area contributed by atoms with E-state index in [1.807, 2.05) is 0 Å². The fraction of sp³-hybridized carbons (Fsp3) is 0.533. The normalized spacial score (nSPS) is 18.7. The summed E-state index contributed by atoms with van der Waals surface area (Å²) in [4.78, 5) is 14.8. The van der Waals surface area contributed by atoms with Gasteiger partial charge < -0.3 is 4.74 Å². The first-order valence-corrected chi connectivity index (χ1v) is 6.54. The van der Waals surface area contributed by atoms with Gasteiger partial charge in [0.15, 0.2) is 0 Å². The molecule has 102 valence electrons. The van der Waals surface area contributed by atoms with Gasteiger partial charge in [0.2, 0.25) is 6.08 Å². The van der Waals surface area contributed by atoms with E-state index >= 15 is 0 Å². The molecule has 1 atom stereocenters. The monoisotopic (exact) mass is 263 g/mol. The number of nitrogens with zero attached hydrogens (tertiary/aromatic N) is 1. The molecule has 0 N–H and O–H groups in total.